The van der Waals surface area contributed by atoms with E-state index in [2.05, 4.69) is 15.4 Å². The molecule has 0 saturated carbocycles. The molecule has 0 bridgehead atoms. The van der Waals surface area contributed by atoms with Crippen molar-refractivity contribution in [2.45, 2.75) is 6.42 Å². The molecule has 3 aromatic rings. The Hall–Kier alpha value is -3.16. The van der Waals surface area contributed by atoms with E-state index in [1.165, 1.54) is 6.26 Å². The molecule has 1 aliphatic heterocycles. The van der Waals surface area contributed by atoms with E-state index >= 15 is 0 Å². The summed E-state index contributed by atoms with van der Waals surface area (Å²) in [5, 5.41) is 10.6. The molecule has 0 unspecified atom stereocenters. The Labute approximate surface area is 143 Å². The normalized spacial score (nSPS) is 15.4. The van der Waals surface area contributed by atoms with Gasteiger partial charge in [0, 0.05) is 31.7 Å². The molecule has 3 heterocycles. The number of furan rings is 1. The first-order valence-corrected chi connectivity index (χ1v) is 8.15. The molecule has 8 heteroatoms. The van der Waals surface area contributed by atoms with Crippen molar-refractivity contribution in [1.82, 2.24) is 25.2 Å². The summed E-state index contributed by atoms with van der Waals surface area (Å²) in [6, 6.07) is 8.61. The number of benzene rings is 1. The minimum Gasteiger partial charge on any atom is -0.459 e. The topological polar surface area (TPSA) is 95.3 Å². The quantitative estimate of drug-likeness (QED) is 0.764. The predicted molar refractivity (Wildman–Crippen MR) is 89.0 cm³/mol. The molecule has 0 aliphatic carbocycles. The summed E-state index contributed by atoms with van der Waals surface area (Å²) >= 11 is 0. The van der Waals surface area contributed by atoms with Gasteiger partial charge in [0.25, 0.3) is 11.8 Å². The molecule has 4 rings (SSSR count). The highest BCUT2D eigenvalue weighted by Gasteiger charge is 2.24. The van der Waals surface area contributed by atoms with Crippen LogP contribution in [0.3, 0.4) is 0 Å². The van der Waals surface area contributed by atoms with Gasteiger partial charge in [0.15, 0.2) is 5.76 Å². The Bertz CT molecular complexity index is 902. The highest BCUT2D eigenvalue weighted by atomic mass is 16.3. The number of nitrogens with zero attached hydrogens (tertiary/aromatic N) is 4. The van der Waals surface area contributed by atoms with E-state index in [1.54, 1.807) is 40.1 Å². The van der Waals surface area contributed by atoms with Crippen LogP contribution in [0, 0.1) is 0 Å². The summed E-state index contributed by atoms with van der Waals surface area (Å²) in [4.78, 5) is 28.7. The lowest BCUT2D eigenvalue weighted by Crippen LogP contribution is -2.37. The zero-order chi connectivity index (χ0) is 17.2. The first kappa shape index (κ1) is 15.4. The predicted octanol–water partition coefficient (Wildman–Crippen LogP) is 1.54. The van der Waals surface area contributed by atoms with Gasteiger partial charge in [-0.25, -0.2) is 0 Å². The highest BCUT2D eigenvalue weighted by Crippen LogP contribution is 2.15. The monoisotopic (exact) mass is 339 g/mol. The standard InChI is InChI=1S/C17H17N5O3/c23-16(12-4-5-13-14(11-12)19-20-18-13)21-6-2-7-22(9-8-21)17(24)15-3-1-10-25-15/h1,3-5,10-11H,2,6-9H2,(H,18,19,20). The van der Waals surface area contributed by atoms with Crippen molar-refractivity contribution in [3.05, 3.63) is 47.9 Å². The number of rotatable bonds is 2. The number of hydrogen-bond donors (Lipinski definition) is 1. The van der Waals surface area contributed by atoms with E-state index in [9.17, 15) is 9.59 Å². The number of carbonyl (C=O) groups is 2. The Morgan fingerprint density at radius 2 is 1.72 bits per heavy atom. The van der Waals surface area contributed by atoms with Gasteiger partial charge in [0.1, 0.15) is 11.0 Å². The average molecular weight is 339 g/mol. The van der Waals surface area contributed by atoms with E-state index in [0.717, 1.165) is 11.9 Å². The molecule has 1 aromatic carbocycles. The molecular weight excluding hydrogens is 322 g/mol. The number of fused-ring (bicyclic) bond motifs is 1. The molecule has 1 fully saturated rings. The zero-order valence-corrected chi connectivity index (χ0v) is 13.5. The molecule has 0 atom stereocenters. The number of carbonyl (C=O) groups excluding carboxylic acids is 2. The van der Waals surface area contributed by atoms with Crippen LogP contribution in [0.2, 0.25) is 0 Å². The van der Waals surface area contributed by atoms with Crippen LogP contribution in [-0.2, 0) is 0 Å². The van der Waals surface area contributed by atoms with Gasteiger partial charge in [-0.2, -0.15) is 15.4 Å². The number of aromatic nitrogens is 3. The van der Waals surface area contributed by atoms with Crippen LogP contribution in [0.5, 0.6) is 0 Å². The molecule has 25 heavy (non-hydrogen) atoms. The summed E-state index contributed by atoms with van der Waals surface area (Å²) in [5.74, 6) is 0.136. The SMILES string of the molecule is O=C(c1ccc2n[nH]nc2c1)N1CCCN(C(=O)c2ccco2)CC1. The third-order valence-corrected chi connectivity index (χ3v) is 4.37. The minimum atomic E-state index is -0.136. The maximum absolute atomic E-state index is 12.8. The third kappa shape index (κ3) is 2.98. The number of amides is 2. The first-order chi connectivity index (χ1) is 12.2. The van der Waals surface area contributed by atoms with Crippen LogP contribution in [0.25, 0.3) is 11.0 Å². The van der Waals surface area contributed by atoms with Crippen LogP contribution >= 0.6 is 0 Å². The van der Waals surface area contributed by atoms with Crippen molar-refractivity contribution in [2.75, 3.05) is 26.2 Å². The van der Waals surface area contributed by atoms with Crippen LogP contribution in [0.4, 0.5) is 0 Å². The molecule has 0 radical (unpaired) electrons. The van der Waals surface area contributed by atoms with Crippen LogP contribution in [0.15, 0.2) is 41.0 Å². The molecule has 2 aromatic heterocycles. The van der Waals surface area contributed by atoms with E-state index in [-0.39, 0.29) is 11.8 Å². The molecule has 0 spiro atoms. The zero-order valence-electron chi connectivity index (χ0n) is 13.5. The number of nitrogens with one attached hydrogen (secondary N) is 1. The fourth-order valence-electron chi connectivity index (χ4n) is 3.04. The van der Waals surface area contributed by atoms with Gasteiger partial charge < -0.3 is 14.2 Å². The van der Waals surface area contributed by atoms with Crippen molar-refractivity contribution >= 4 is 22.8 Å². The Morgan fingerprint density at radius 1 is 0.960 bits per heavy atom. The third-order valence-electron chi connectivity index (χ3n) is 4.37. The van der Waals surface area contributed by atoms with E-state index in [1.807, 2.05) is 0 Å². The molecule has 1 aliphatic rings. The smallest absolute Gasteiger partial charge is 0.289 e. The van der Waals surface area contributed by atoms with Crippen molar-refractivity contribution < 1.29 is 14.0 Å². The molecular formula is C17H17N5O3. The number of H-pyrrole nitrogens is 1. The summed E-state index contributed by atoms with van der Waals surface area (Å²) in [7, 11) is 0. The second kappa shape index (κ2) is 6.39. The fraction of sp³-hybridized carbons (Fsp3) is 0.294. The second-order valence-electron chi connectivity index (χ2n) is 5.94. The van der Waals surface area contributed by atoms with Crippen molar-refractivity contribution in [1.29, 1.82) is 0 Å². The average Bonchev–Trinajstić information content (AvgIpc) is 3.27. The molecule has 128 valence electrons. The summed E-state index contributed by atoms with van der Waals surface area (Å²) < 4.78 is 5.18. The molecule has 1 saturated heterocycles. The van der Waals surface area contributed by atoms with Gasteiger partial charge in [0.05, 0.1) is 6.26 Å². The fourth-order valence-corrected chi connectivity index (χ4v) is 3.04. The van der Waals surface area contributed by atoms with Gasteiger partial charge >= 0.3 is 0 Å². The van der Waals surface area contributed by atoms with E-state index in [4.69, 9.17) is 4.42 Å². The summed E-state index contributed by atoms with van der Waals surface area (Å²) in [6.45, 7) is 2.18. The Kier molecular flexibility index (Phi) is 3.93. The van der Waals surface area contributed by atoms with Crippen LogP contribution in [-0.4, -0.2) is 63.2 Å². The maximum Gasteiger partial charge on any atom is 0.289 e. The van der Waals surface area contributed by atoms with Gasteiger partial charge in [-0.1, -0.05) is 0 Å². The van der Waals surface area contributed by atoms with E-state index in [0.29, 0.717) is 43.0 Å². The van der Waals surface area contributed by atoms with Gasteiger partial charge in [-0.3, -0.25) is 9.59 Å². The largest absolute Gasteiger partial charge is 0.459 e. The van der Waals surface area contributed by atoms with Crippen LogP contribution < -0.4 is 0 Å². The Morgan fingerprint density at radius 3 is 2.48 bits per heavy atom. The lowest BCUT2D eigenvalue weighted by molar-refractivity contribution is 0.0700. The van der Waals surface area contributed by atoms with Gasteiger partial charge in [-0.05, 0) is 36.8 Å². The summed E-state index contributed by atoms with van der Waals surface area (Å²) in [5.41, 5.74) is 1.96. The molecule has 2 amide bonds. The van der Waals surface area contributed by atoms with Gasteiger partial charge in [-0.15, -0.1) is 0 Å². The van der Waals surface area contributed by atoms with Crippen molar-refractivity contribution in [3.8, 4) is 0 Å². The number of aromatic amines is 1. The Balaban J connectivity index is 1.46. The first-order valence-electron chi connectivity index (χ1n) is 8.15. The minimum absolute atomic E-state index is 0.0582. The van der Waals surface area contributed by atoms with Gasteiger partial charge in [0.2, 0.25) is 0 Å². The lowest BCUT2D eigenvalue weighted by Gasteiger charge is -2.21. The van der Waals surface area contributed by atoms with E-state index < -0.39 is 0 Å². The second-order valence-corrected chi connectivity index (χ2v) is 5.94. The highest BCUT2D eigenvalue weighted by molar-refractivity contribution is 5.97. The molecule has 1 N–H and O–H groups in total. The maximum atomic E-state index is 12.8. The van der Waals surface area contributed by atoms with Crippen molar-refractivity contribution in [2.24, 2.45) is 0 Å². The van der Waals surface area contributed by atoms with Crippen molar-refractivity contribution in [3.63, 3.8) is 0 Å². The lowest BCUT2D eigenvalue weighted by atomic mass is 10.1. The molecule has 8 nitrogen and oxygen atoms in total. The van der Waals surface area contributed by atoms with Crippen LogP contribution in [0.1, 0.15) is 27.3 Å². The summed E-state index contributed by atoms with van der Waals surface area (Å²) in [6.07, 6.45) is 2.21. The number of hydrogen-bond acceptors (Lipinski definition) is 5.